The van der Waals surface area contributed by atoms with Crippen LogP contribution >= 0.6 is 11.6 Å². The van der Waals surface area contributed by atoms with E-state index < -0.39 is 17.6 Å². The molecule has 204 valence electrons. The van der Waals surface area contributed by atoms with Crippen molar-refractivity contribution in [1.82, 2.24) is 9.88 Å². The van der Waals surface area contributed by atoms with Crippen molar-refractivity contribution in [3.05, 3.63) is 89.1 Å². The quantitative estimate of drug-likeness (QED) is 0.333. The Balaban J connectivity index is 1.33. The number of hydrogen-bond donors (Lipinski definition) is 3. The number of aromatic nitrogens is 1. The first-order chi connectivity index (χ1) is 18.9. The van der Waals surface area contributed by atoms with Crippen LogP contribution in [0, 0.1) is 5.92 Å². The van der Waals surface area contributed by atoms with Crippen LogP contribution in [0.4, 0.5) is 16.3 Å². The number of nitrogens with two attached hydrogens (primary N) is 1. The monoisotopic (exact) mass is 547 g/mol. The zero-order valence-electron chi connectivity index (χ0n) is 22.0. The highest BCUT2D eigenvalue weighted by molar-refractivity contribution is 6.30. The average Bonchev–Trinajstić information content (AvgIpc) is 3.69. The van der Waals surface area contributed by atoms with Gasteiger partial charge in [-0.15, -0.1) is 0 Å². The van der Waals surface area contributed by atoms with Crippen LogP contribution in [0.1, 0.15) is 43.2 Å². The topological polar surface area (TPSA) is 110 Å². The lowest BCUT2D eigenvalue weighted by Crippen LogP contribution is -2.45. The maximum atomic E-state index is 13.5. The molecule has 2 fully saturated rings. The third-order valence-electron chi connectivity index (χ3n) is 7.70. The van der Waals surface area contributed by atoms with Crippen LogP contribution in [-0.2, 0) is 15.1 Å². The first-order valence-electron chi connectivity index (χ1n) is 13.3. The number of likely N-dealkylation sites (tertiary alicyclic amines) is 1. The average molecular weight is 548 g/mol. The van der Waals surface area contributed by atoms with Gasteiger partial charge in [-0.1, -0.05) is 66.9 Å². The van der Waals surface area contributed by atoms with E-state index in [-0.39, 0.29) is 18.6 Å². The number of ether oxygens (including phenoxy) is 1. The van der Waals surface area contributed by atoms with E-state index in [1.807, 2.05) is 42.5 Å². The molecule has 3 atom stereocenters. The Morgan fingerprint density at radius 3 is 2.54 bits per heavy atom. The number of anilines is 2. The summed E-state index contributed by atoms with van der Waals surface area (Å²) in [6, 6.07) is 20.0. The van der Waals surface area contributed by atoms with Gasteiger partial charge in [0.1, 0.15) is 11.9 Å². The number of benzene rings is 2. The Kier molecular flexibility index (Phi) is 8.16. The summed E-state index contributed by atoms with van der Waals surface area (Å²) in [4.78, 5) is 32.2. The highest BCUT2D eigenvalue weighted by Crippen LogP contribution is 2.40. The number of urea groups is 1. The molecule has 5 rings (SSSR count). The lowest BCUT2D eigenvalue weighted by Gasteiger charge is -2.31. The van der Waals surface area contributed by atoms with Crippen LogP contribution in [0.5, 0.6) is 0 Å². The molecule has 8 nitrogen and oxygen atoms in total. The summed E-state index contributed by atoms with van der Waals surface area (Å²) in [5.74, 6) is 0.811. The van der Waals surface area contributed by atoms with E-state index in [0.29, 0.717) is 22.9 Å². The summed E-state index contributed by atoms with van der Waals surface area (Å²) < 4.78 is 5.50. The van der Waals surface area contributed by atoms with E-state index >= 15 is 0 Å². The molecule has 1 saturated carbocycles. The molecule has 1 aliphatic heterocycles. The number of nitrogens with one attached hydrogen (secondary N) is 2. The molecular formula is C30H34ClN5O3. The fraction of sp³-hybridized carbons (Fsp3) is 0.367. The Hall–Kier alpha value is -3.46. The van der Waals surface area contributed by atoms with Gasteiger partial charge in [0.05, 0.1) is 16.7 Å². The van der Waals surface area contributed by atoms with Crippen molar-refractivity contribution < 1.29 is 14.3 Å². The molecule has 1 unspecified atom stereocenters. The standard InChI is InChI=1S/C30H34ClN5O3/c1-39-25-17-26(36(19-25)29(38)35-27-13-12-23(31)18-33-27)28(37)34-24-9-5-8-22(16-24)30(32,15-14-20-10-11-20)21-6-3-2-4-7-21/h2-9,12-13,16,18,20,25-26H,10-11,14-15,17,19,32H2,1H3,(H,34,37)(H,33,35,38)/t25-,26-,30?/m1/s1. The van der Waals surface area contributed by atoms with E-state index in [9.17, 15) is 9.59 Å². The summed E-state index contributed by atoms with van der Waals surface area (Å²) in [5.41, 5.74) is 9.07. The molecule has 1 aliphatic carbocycles. The van der Waals surface area contributed by atoms with Gasteiger partial charge >= 0.3 is 6.03 Å². The SMILES string of the molecule is CO[C@@H]1C[C@H](C(=O)Nc2cccc(C(N)(CCC3CC3)c3ccccc3)c2)N(C(=O)Nc2ccc(Cl)cn2)C1. The fourth-order valence-corrected chi connectivity index (χ4v) is 5.31. The number of rotatable bonds is 9. The van der Waals surface area contributed by atoms with Gasteiger partial charge in [0.2, 0.25) is 5.91 Å². The minimum absolute atomic E-state index is 0.256. The molecular weight excluding hydrogens is 514 g/mol. The maximum absolute atomic E-state index is 13.5. The van der Waals surface area contributed by atoms with E-state index in [1.54, 1.807) is 19.2 Å². The summed E-state index contributed by atoms with van der Waals surface area (Å²) >= 11 is 5.90. The van der Waals surface area contributed by atoms with Gasteiger partial charge in [-0.3, -0.25) is 10.1 Å². The first-order valence-corrected chi connectivity index (χ1v) is 13.7. The molecule has 0 radical (unpaired) electrons. The number of nitrogens with zero attached hydrogens (tertiary/aromatic N) is 2. The van der Waals surface area contributed by atoms with E-state index in [0.717, 1.165) is 29.9 Å². The molecule has 9 heteroatoms. The second kappa shape index (κ2) is 11.7. The summed E-state index contributed by atoms with van der Waals surface area (Å²) in [6.07, 6.45) is 6.00. The van der Waals surface area contributed by atoms with Crippen molar-refractivity contribution in [2.45, 2.75) is 49.8 Å². The second-order valence-electron chi connectivity index (χ2n) is 10.4. The molecule has 2 heterocycles. The van der Waals surface area contributed by atoms with Crippen molar-refractivity contribution >= 4 is 35.0 Å². The molecule has 1 saturated heterocycles. The van der Waals surface area contributed by atoms with Gasteiger partial charge in [-0.05, 0) is 54.2 Å². The number of halogens is 1. The van der Waals surface area contributed by atoms with Gasteiger partial charge in [0.15, 0.2) is 0 Å². The highest BCUT2D eigenvalue weighted by Gasteiger charge is 2.40. The molecule has 3 amide bonds. The smallest absolute Gasteiger partial charge is 0.323 e. The van der Waals surface area contributed by atoms with Crippen LogP contribution < -0.4 is 16.4 Å². The van der Waals surface area contributed by atoms with Crippen molar-refractivity contribution in [3.63, 3.8) is 0 Å². The summed E-state index contributed by atoms with van der Waals surface area (Å²) in [5, 5.41) is 6.23. The van der Waals surface area contributed by atoms with E-state index in [1.165, 1.54) is 23.9 Å². The van der Waals surface area contributed by atoms with Gasteiger partial charge in [0.25, 0.3) is 0 Å². The summed E-state index contributed by atoms with van der Waals surface area (Å²) in [7, 11) is 1.58. The Morgan fingerprint density at radius 2 is 1.85 bits per heavy atom. The Morgan fingerprint density at radius 1 is 1.08 bits per heavy atom. The number of methoxy groups -OCH3 is 1. The van der Waals surface area contributed by atoms with Crippen LogP contribution in [0.3, 0.4) is 0 Å². The molecule has 4 N–H and O–H groups in total. The predicted octanol–water partition coefficient (Wildman–Crippen LogP) is 5.39. The third-order valence-corrected chi connectivity index (χ3v) is 7.92. The van der Waals surface area contributed by atoms with Crippen molar-refractivity contribution in [2.75, 3.05) is 24.3 Å². The molecule has 2 aliphatic rings. The Bertz CT molecular complexity index is 1300. The third kappa shape index (κ3) is 6.41. The lowest BCUT2D eigenvalue weighted by atomic mass is 9.79. The largest absolute Gasteiger partial charge is 0.380 e. The van der Waals surface area contributed by atoms with Crippen molar-refractivity contribution in [3.8, 4) is 0 Å². The molecule has 0 spiro atoms. The van der Waals surface area contributed by atoms with E-state index in [2.05, 4.69) is 27.8 Å². The van der Waals surface area contributed by atoms with Gasteiger partial charge in [0, 0.05) is 32.0 Å². The number of hydrogen-bond acceptors (Lipinski definition) is 5. The molecule has 2 aromatic carbocycles. The molecule has 1 aromatic heterocycles. The highest BCUT2D eigenvalue weighted by atomic mass is 35.5. The van der Waals surface area contributed by atoms with E-state index in [4.69, 9.17) is 22.1 Å². The van der Waals surface area contributed by atoms with Crippen molar-refractivity contribution in [1.29, 1.82) is 0 Å². The van der Waals surface area contributed by atoms with Crippen molar-refractivity contribution in [2.24, 2.45) is 11.7 Å². The molecule has 3 aromatic rings. The minimum atomic E-state index is -0.711. The van der Waals surface area contributed by atoms with Gasteiger partial charge < -0.3 is 20.7 Å². The maximum Gasteiger partial charge on any atom is 0.323 e. The van der Waals surface area contributed by atoms with Crippen LogP contribution in [0.25, 0.3) is 0 Å². The molecule has 39 heavy (non-hydrogen) atoms. The number of carbonyl (C=O) groups is 2. The Labute approximate surface area is 233 Å². The van der Waals surface area contributed by atoms with Crippen LogP contribution in [0.2, 0.25) is 5.02 Å². The summed E-state index contributed by atoms with van der Waals surface area (Å²) in [6.45, 7) is 0.287. The first kappa shape index (κ1) is 27.1. The fourth-order valence-electron chi connectivity index (χ4n) is 5.20. The second-order valence-corrected chi connectivity index (χ2v) is 10.9. The van der Waals surface area contributed by atoms with Crippen LogP contribution in [0.15, 0.2) is 72.9 Å². The van der Waals surface area contributed by atoms with Gasteiger partial charge in [-0.25, -0.2) is 9.78 Å². The van der Waals surface area contributed by atoms with Gasteiger partial charge in [-0.2, -0.15) is 0 Å². The predicted molar refractivity (Wildman–Crippen MR) is 153 cm³/mol. The zero-order valence-corrected chi connectivity index (χ0v) is 22.7. The number of pyridine rings is 1. The minimum Gasteiger partial charge on any atom is -0.380 e. The normalized spacial score (nSPS) is 20.3. The van der Waals surface area contributed by atoms with Crippen LogP contribution in [-0.4, -0.2) is 47.6 Å². The number of amides is 3. The number of carbonyl (C=O) groups excluding carboxylic acids is 2. The lowest BCUT2D eigenvalue weighted by molar-refractivity contribution is -0.119. The molecule has 0 bridgehead atoms. The zero-order chi connectivity index (χ0) is 27.4.